The zero-order chi connectivity index (χ0) is 8.72. The van der Waals surface area contributed by atoms with Crippen molar-refractivity contribution in [2.24, 2.45) is 0 Å². The van der Waals surface area contributed by atoms with Crippen LogP contribution in [0.2, 0.25) is 0 Å². The van der Waals surface area contributed by atoms with Crippen LogP contribution in [0.25, 0.3) is 10.1 Å². The topological polar surface area (TPSA) is 0 Å². The summed E-state index contributed by atoms with van der Waals surface area (Å²) in [5.41, 5.74) is 0. The molecule has 12 heavy (non-hydrogen) atoms. The average Bonchev–Trinajstić information content (AvgIpc) is 2.32. The number of hydrogen-bond donors (Lipinski definition) is 0. The van der Waals surface area contributed by atoms with E-state index < -0.39 is 0 Å². The minimum absolute atomic E-state index is 0.113. The molecule has 2 rings (SSSR count). The van der Waals surface area contributed by atoms with E-state index in [1.165, 1.54) is 17.4 Å². The van der Waals surface area contributed by atoms with E-state index in [2.05, 4.69) is 45.2 Å². The fourth-order valence-corrected chi connectivity index (χ4v) is 3.76. The third-order valence-electron chi connectivity index (χ3n) is 1.57. The van der Waals surface area contributed by atoms with Gasteiger partial charge in [0.15, 0.2) is 0 Å². The third-order valence-corrected chi connectivity index (χ3v) is 6.29. The average molecular weight is 404 g/mol. The summed E-state index contributed by atoms with van der Waals surface area (Å²) in [5.74, 6) is -0.113. The van der Waals surface area contributed by atoms with Crippen LogP contribution >= 0.6 is 56.5 Å². The molecule has 0 radical (unpaired) electrons. The Hall–Kier alpha value is 0.570. The van der Waals surface area contributed by atoms with Gasteiger partial charge in [-0.15, -0.1) is 11.3 Å². The summed E-state index contributed by atoms with van der Waals surface area (Å²) >= 11 is 6.00. The van der Waals surface area contributed by atoms with E-state index in [1.54, 1.807) is 6.07 Å². The van der Waals surface area contributed by atoms with Crippen LogP contribution in [-0.2, 0) is 0 Å². The van der Waals surface area contributed by atoms with E-state index in [4.69, 9.17) is 0 Å². The molecular weight excluding hydrogens is 401 g/mol. The molecule has 0 aliphatic rings. The Morgan fingerprint density at radius 1 is 1.25 bits per heavy atom. The molecule has 0 bridgehead atoms. The molecule has 0 saturated carbocycles. The van der Waals surface area contributed by atoms with Gasteiger partial charge in [-0.2, -0.15) is 0 Å². The van der Waals surface area contributed by atoms with Crippen LogP contribution in [0.1, 0.15) is 0 Å². The van der Waals surface area contributed by atoms with E-state index in [1.807, 2.05) is 6.07 Å². The van der Waals surface area contributed by atoms with Crippen molar-refractivity contribution >= 4 is 66.6 Å². The van der Waals surface area contributed by atoms with E-state index in [0.29, 0.717) is 0 Å². The predicted octanol–water partition coefficient (Wildman–Crippen LogP) is 4.25. The van der Waals surface area contributed by atoms with Crippen molar-refractivity contribution in [3.63, 3.8) is 0 Å². The Balaban J connectivity index is 2.95. The highest BCUT2D eigenvalue weighted by Gasteiger charge is 2.09. The van der Waals surface area contributed by atoms with Crippen LogP contribution in [0.5, 0.6) is 0 Å². The highest BCUT2D eigenvalue weighted by molar-refractivity contribution is 14.1. The number of hydrogen-bond acceptors (Lipinski definition) is 1. The van der Waals surface area contributed by atoms with Gasteiger partial charge in [0, 0.05) is 8.96 Å². The molecule has 62 valence electrons. The van der Waals surface area contributed by atoms with E-state index in [-0.39, 0.29) is 5.82 Å². The summed E-state index contributed by atoms with van der Waals surface area (Å²) in [5, 5.41) is 1.03. The van der Waals surface area contributed by atoms with Crippen molar-refractivity contribution in [2.75, 3.05) is 0 Å². The lowest BCUT2D eigenvalue weighted by molar-refractivity contribution is 0.641. The summed E-state index contributed by atoms with van der Waals surface area (Å²) < 4.78 is 16.3. The highest BCUT2D eigenvalue weighted by Crippen LogP contribution is 2.34. The molecular formula is C8H3FI2S. The molecule has 0 amide bonds. The van der Waals surface area contributed by atoms with Crippen LogP contribution in [0, 0.1) is 12.3 Å². The van der Waals surface area contributed by atoms with Gasteiger partial charge in [0.2, 0.25) is 0 Å². The van der Waals surface area contributed by atoms with Crippen molar-refractivity contribution in [1.29, 1.82) is 0 Å². The summed E-state index contributed by atoms with van der Waals surface area (Å²) in [7, 11) is 0. The zero-order valence-electron chi connectivity index (χ0n) is 5.77. The molecule has 2 aromatic rings. The molecule has 1 heterocycles. The molecule has 0 atom stereocenters. The summed E-state index contributed by atoms with van der Waals surface area (Å²) in [6.07, 6.45) is 0. The maximum atomic E-state index is 13.2. The molecule has 1 aromatic heterocycles. The Kier molecular flexibility index (Phi) is 2.57. The molecule has 0 saturated heterocycles. The van der Waals surface area contributed by atoms with Gasteiger partial charge in [0.05, 0.1) is 7.58 Å². The summed E-state index contributed by atoms with van der Waals surface area (Å²) in [6, 6.07) is 5.21. The second kappa shape index (κ2) is 3.38. The standard InChI is InChI=1S/C8H3FI2S/c9-5-3-1-2-4-6(10)8(11)12-7(4)5/h1-3H. The first-order chi connectivity index (χ1) is 5.70. The minimum atomic E-state index is -0.113. The molecule has 0 N–H and O–H groups in total. The van der Waals surface area contributed by atoms with Crippen LogP contribution < -0.4 is 0 Å². The smallest absolute Gasteiger partial charge is 0.141 e. The fraction of sp³-hybridized carbons (Fsp3) is 0. The predicted molar refractivity (Wildman–Crippen MR) is 67.2 cm³/mol. The zero-order valence-corrected chi connectivity index (χ0v) is 10.9. The quantitative estimate of drug-likeness (QED) is 0.577. The largest absolute Gasteiger partial charge is 0.205 e. The normalized spacial score (nSPS) is 10.9. The molecule has 0 spiro atoms. The second-order valence-electron chi connectivity index (χ2n) is 2.31. The van der Waals surface area contributed by atoms with E-state index >= 15 is 0 Å². The Morgan fingerprint density at radius 2 is 2.00 bits per heavy atom. The molecule has 1 aromatic carbocycles. The first-order valence-electron chi connectivity index (χ1n) is 3.22. The lowest BCUT2D eigenvalue weighted by Gasteiger charge is -1.89. The number of halogens is 3. The summed E-state index contributed by atoms with van der Waals surface area (Å²) in [4.78, 5) is 0. The molecule has 0 fully saturated rings. The SMILES string of the molecule is Fc1cccc2c(I)c(I)sc12. The molecule has 0 nitrogen and oxygen atoms in total. The van der Waals surface area contributed by atoms with Crippen LogP contribution in [0.3, 0.4) is 0 Å². The molecule has 0 aliphatic heterocycles. The van der Waals surface area contributed by atoms with Crippen molar-refractivity contribution < 1.29 is 4.39 Å². The number of fused-ring (bicyclic) bond motifs is 1. The fourth-order valence-electron chi connectivity index (χ4n) is 1.03. The van der Waals surface area contributed by atoms with Gasteiger partial charge in [-0.05, 0) is 51.2 Å². The molecule has 0 aliphatic carbocycles. The molecule has 4 heteroatoms. The van der Waals surface area contributed by atoms with Crippen molar-refractivity contribution in [2.45, 2.75) is 0 Å². The third kappa shape index (κ3) is 1.37. The van der Waals surface area contributed by atoms with E-state index in [0.717, 1.165) is 16.5 Å². The first-order valence-corrected chi connectivity index (χ1v) is 6.19. The Morgan fingerprint density at radius 3 is 2.67 bits per heavy atom. The number of thiophene rings is 1. The summed E-state index contributed by atoms with van der Waals surface area (Å²) in [6.45, 7) is 0. The number of benzene rings is 1. The van der Waals surface area contributed by atoms with Gasteiger partial charge >= 0.3 is 0 Å². The van der Waals surface area contributed by atoms with Crippen LogP contribution in [0.4, 0.5) is 4.39 Å². The van der Waals surface area contributed by atoms with Crippen molar-refractivity contribution in [3.05, 3.63) is 30.5 Å². The lowest BCUT2D eigenvalue weighted by atomic mass is 10.3. The van der Waals surface area contributed by atoms with Crippen LogP contribution in [0.15, 0.2) is 18.2 Å². The second-order valence-corrected chi connectivity index (χ2v) is 6.22. The van der Waals surface area contributed by atoms with Gasteiger partial charge in [-0.25, -0.2) is 4.39 Å². The highest BCUT2D eigenvalue weighted by atomic mass is 127. The van der Waals surface area contributed by atoms with Crippen molar-refractivity contribution in [3.8, 4) is 0 Å². The van der Waals surface area contributed by atoms with Gasteiger partial charge < -0.3 is 0 Å². The monoisotopic (exact) mass is 404 g/mol. The Labute approximate surface area is 100 Å². The maximum Gasteiger partial charge on any atom is 0.141 e. The maximum absolute atomic E-state index is 13.2. The number of rotatable bonds is 0. The van der Waals surface area contributed by atoms with Gasteiger partial charge in [0.25, 0.3) is 0 Å². The van der Waals surface area contributed by atoms with Crippen molar-refractivity contribution in [1.82, 2.24) is 0 Å². The van der Waals surface area contributed by atoms with E-state index in [9.17, 15) is 4.39 Å². The Bertz CT molecular complexity index is 436. The lowest BCUT2D eigenvalue weighted by Crippen LogP contribution is -1.72. The van der Waals surface area contributed by atoms with Crippen LogP contribution in [-0.4, -0.2) is 0 Å². The first kappa shape index (κ1) is 9.14. The minimum Gasteiger partial charge on any atom is -0.205 e. The van der Waals surface area contributed by atoms with Gasteiger partial charge in [0.1, 0.15) is 5.82 Å². The molecule has 0 unspecified atom stereocenters. The van der Waals surface area contributed by atoms with Gasteiger partial charge in [-0.1, -0.05) is 12.1 Å². The van der Waals surface area contributed by atoms with Gasteiger partial charge in [-0.3, -0.25) is 0 Å².